The molecule has 1 aliphatic heterocycles. The Morgan fingerprint density at radius 2 is 1.60 bits per heavy atom. The first-order valence-corrected chi connectivity index (χ1v) is 19.0. The molecule has 2 fully saturated rings. The van der Waals surface area contributed by atoms with Gasteiger partial charge < -0.3 is 36.7 Å². The molecule has 7 N–H and O–H groups in total. The number of benzene rings is 1. The molecule has 270 valence electrons. The van der Waals surface area contributed by atoms with Crippen LogP contribution in [-0.2, 0) is 22.4 Å². The van der Waals surface area contributed by atoms with E-state index in [1.165, 1.54) is 12.7 Å². The number of hydrogen-bond donors (Lipinski definition) is 6. The van der Waals surface area contributed by atoms with E-state index in [-0.39, 0.29) is 30.8 Å². The molecule has 0 spiro atoms. The Labute approximate surface area is 299 Å². The topological polar surface area (TPSA) is 178 Å². The molecule has 1 saturated carbocycles. The Morgan fingerprint density at radius 3 is 2.30 bits per heavy atom. The highest BCUT2D eigenvalue weighted by atomic mass is 32.2. The normalized spacial score (nSPS) is 18.1. The third-order valence-corrected chi connectivity index (χ3v) is 10.8. The SMILES string of the molecule is NC1CCN(C(=O)N[C@@H](Cc2ccccc2)C(=O)N[C@@H](Cc2cnc[nH]2)C(=O)N[C@@H](CC2CCCCC2)[C@@H](O)CCSc2ccncc2)CC1. The lowest BCUT2D eigenvalue weighted by atomic mass is 9.83. The quantitative estimate of drug-likeness (QED) is 0.123. The number of likely N-dealkylation sites (tertiary alicyclic amines) is 1. The zero-order valence-corrected chi connectivity index (χ0v) is 29.5. The van der Waals surface area contributed by atoms with Gasteiger partial charge in [-0.1, -0.05) is 62.4 Å². The van der Waals surface area contributed by atoms with Crippen LogP contribution < -0.4 is 21.7 Å². The van der Waals surface area contributed by atoms with E-state index >= 15 is 0 Å². The minimum atomic E-state index is -0.974. The van der Waals surface area contributed by atoms with Gasteiger partial charge in [-0.2, -0.15) is 0 Å². The second-order valence-corrected chi connectivity index (χ2v) is 14.8. The molecule has 0 radical (unpaired) electrons. The molecular weight excluding hydrogens is 653 g/mol. The van der Waals surface area contributed by atoms with Crippen molar-refractivity contribution < 1.29 is 19.5 Å². The highest BCUT2D eigenvalue weighted by Gasteiger charge is 2.33. The van der Waals surface area contributed by atoms with Crippen molar-refractivity contribution in [2.45, 2.75) is 106 Å². The summed E-state index contributed by atoms with van der Waals surface area (Å²) in [5.41, 5.74) is 7.61. The molecule has 12 nitrogen and oxygen atoms in total. The van der Waals surface area contributed by atoms with Crippen LogP contribution >= 0.6 is 11.8 Å². The highest BCUT2D eigenvalue weighted by Crippen LogP contribution is 2.29. The van der Waals surface area contributed by atoms with E-state index in [1.54, 1.807) is 35.3 Å². The van der Waals surface area contributed by atoms with Crippen LogP contribution in [0.2, 0.25) is 0 Å². The van der Waals surface area contributed by atoms with Gasteiger partial charge in [0, 0.05) is 66.9 Å². The predicted molar refractivity (Wildman–Crippen MR) is 194 cm³/mol. The Balaban J connectivity index is 1.30. The summed E-state index contributed by atoms with van der Waals surface area (Å²) >= 11 is 1.64. The van der Waals surface area contributed by atoms with Crippen molar-refractivity contribution in [2.75, 3.05) is 18.8 Å². The fourth-order valence-electron chi connectivity index (χ4n) is 6.81. The summed E-state index contributed by atoms with van der Waals surface area (Å²) in [5, 5.41) is 20.5. The van der Waals surface area contributed by atoms with Crippen LogP contribution in [0.3, 0.4) is 0 Å². The molecule has 1 saturated heterocycles. The zero-order valence-electron chi connectivity index (χ0n) is 28.7. The molecule has 4 amide bonds. The molecule has 1 aliphatic carbocycles. The van der Waals surface area contributed by atoms with Gasteiger partial charge in [0.1, 0.15) is 12.1 Å². The number of nitrogens with two attached hydrogens (primary N) is 1. The third-order valence-electron chi connectivity index (χ3n) is 9.77. The number of H-pyrrole nitrogens is 1. The van der Waals surface area contributed by atoms with Crippen molar-refractivity contribution in [2.24, 2.45) is 11.7 Å². The van der Waals surface area contributed by atoms with Crippen LogP contribution in [-0.4, -0.2) is 91.9 Å². The van der Waals surface area contributed by atoms with Crippen molar-refractivity contribution in [3.05, 3.63) is 78.6 Å². The van der Waals surface area contributed by atoms with E-state index in [0.717, 1.165) is 36.1 Å². The van der Waals surface area contributed by atoms with Crippen LogP contribution in [0.5, 0.6) is 0 Å². The van der Waals surface area contributed by atoms with Gasteiger partial charge in [0.15, 0.2) is 0 Å². The van der Waals surface area contributed by atoms with Crippen LogP contribution in [0.1, 0.15) is 69.0 Å². The minimum absolute atomic E-state index is 0.0600. The number of aromatic nitrogens is 3. The molecule has 0 bridgehead atoms. The van der Waals surface area contributed by atoms with Crippen LogP contribution in [0, 0.1) is 5.92 Å². The lowest BCUT2D eigenvalue weighted by molar-refractivity contribution is -0.130. The maximum absolute atomic E-state index is 14.1. The largest absolute Gasteiger partial charge is 0.391 e. The molecule has 3 heterocycles. The van der Waals surface area contributed by atoms with Gasteiger partial charge in [-0.3, -0.25) is 14.6 Å². The molecule has 5 rings (SSSR count). The lowest BCUT2D eigenvalue weighted by Crippen LogP contribution is -2.59. The number of aliphatic hydroxyl groups is 1. The van der Waals surface area contributed by atoms with Crippen molar-refractivity contribution in [3.8, 4) is 0 Å². The van der Waals surface area contributed by atoms with E-state index in [2.05, 4.69) is 30.9 Å². The van der Waals surface area contributed by atoms with Crippen molar-refractivity contribution in [1.29, 1.82) is 0 Å². The fraction of sp³-hybridized carbons (Fsp3) is 0.541. The Kier molecular flexibility index (Phi) is 14.5. The number of carbonyl (C=O) groups excluding carboxylic acids is 3. The summed E-state index contributed by atoms with van der Waals surface area (Å²) in [4.78, 5) is 55.5. The summed E-state index contributed by atoms with van der Waals surface area (Å²) < 4.78 is 0. The van der Waals surface area contributed by atoms with Gasteiger partial charge >= 0.3 is 6.03 Å². The molecule has 50 heavy (non-hydrogen) atoms. The maximum Gasteiger partial charge on any atom is 0.318 e. The fourth-order valence-corrected chi connectivity index (χ4v) is 7.72. The Morgan fingerprint density at radius 1 is 0.900 bits per heavy atom. The third kappa shape index (κ3) is 11.8. The summed E-state index contributed by atoms with van der Waals surface area (Å²) in [5.74, 6) is 0.241. The number of rotatable bonds is 16. The number of pyridine rings is 1. The highest BCUT2D eigenvalue weighted by molar-refractivity contribution is 7.99. The number of thioether (sulfide) groups is 1. The monoisotopic (exact) mass is 704 g/mol. The first-order chi connectivity index (χ1) is 24.3. The molecule has 1 aromatic carbocycles. The number of piperidine rings is 1. The van der Waals surface area contributed by atoms with E-state index in [1.807, 2.05) is 42.5 Å². The predicted octanol–water partition coefficient (Wildman–Crippen LogP) is 3.57. The minimum Gasteiger partial charge on any atom is -0.391 e. The molecule has 3 aromatic rings. The second kappa shape index (κ2) is 19.5. The van der Waals surface area contributed by atoms with Crippen LogP contribution in [0.4, 0.5) is 4.79 Å². The average molecular weight is 705 g/mol. The number of nitrogens with zero attached hydrogens (tertiary/aromatic N) is 3. The second-order valence-electron chi connectivity index (χ2n) is 13.6. The van der Waals surface area contributed by atoms with Crippen molar-refractivity contribution in [3.63, 3.8) is 0 Å². The van der Waals surface area contributed by atoms with E-state index in [0.29, 0.717) is 56.1 Å². The van der Waals surface area contributed by atoms with Gasteiger partial charge in [0.25, 0.3) is 0 Å². The summed E-state index contributed by atoms with van der Waals surface area (Å²) in [6.07, 6.45) is 14.5. The van der Waals surface area contributed by atoms with Gasteiger partial charge in [-0.25, -0.2) is 9.78 Å². The molecule has 13 heteroatoms. The van der Waals surface area contributed by atoms with E-state index < -0.39 is 30.1 Å². The van der Waals surface area contributed by atoms with Gasteiger partial charge in [0.05, 0.1) is 18.5 Å². The first kappa shape index (κ1) is 37.3. The van der Waals surface area contributed by atoms with Gasteiger partial charge in [-0.15, -0.1) is 11.8 Å². The van der Waals surface area contributed by atoms with Crippen LogP contribution in [0.25, 0.3) is 0 Å². The Hall–Kier alpha value is -3.94. The number of hydrogen-bond acceptors (Lipinski definition) is 8. The molecular formula is C37H52N8O4S. The summed E-state index contributed by atoms with van der Waals surface area (Å²) in [7, 11) is 0. The molecule has 4 atom stereocenters. The van der Waals surface area contributed by atoms with Crippen molar-refractivity contribution >= 4 is 29.6 Å². The number of amides is 4. The first-order valence-electron chi connectivity index (χ1n) is 18.0. The molecule has 0 unspecified atom stereocenters. The average Bonchev–Trinajstić information content (AvgIpc) is 3.65. The number of carbonyl (C=O) groups is 3. The summed E-state index contributed by atoms with van der Waals surface area (Å²) in [6, 6.07) is 10.7. The Bertz CT molecular complexity index is 1450. The summed E-state index contributed by atoms with van der Waals surface area (Å²) in [6.45, 7) is 1.03. The van der Waals surface area contributed by atoms with Gasteiger partial charge in [-0.05, 0) is 49.3 Å². The van der Waals surface area contributed by atoms with E-state index in [4.69, 9.17) is 5.73 Å². The standard InChI is InChI=1S/C37H52N8O4S/c38-28-13-18-45(19-14-28)37(49)44-32(22-27-9-5-2-6-10-27)35(47)43-33(23-29-24-40-25-41-29)36(48)42-31(21-26-7-3-1-4-8-26)34(46)15-20-50-30-11-16-39-17-12-30/h2,5-6,9-12,16-17,24-26,28,31-34,46H,1,3-4,7-8,13-15,18-23,38H2,(H,40,41)(H,42,48)(H,43,47)(H,44,49)/t31-,32-,33-,34-/m0/s1. The lowest BCUT2D eigenvalue weighted by Gasteiger charge is -2.33. The number of nitrogens with one attached hydrogen (secondary N) is 4. The van der Waals surface area contributed by atoms with Crippen LogP contribution in [0.15, 0.2) is 72.3 Å². The number of aliphatic hydroxyl groups excluding tert-OH is 1. The number of urea groups is 1. The smallest absolute Gasteiger partial charge is 0.318 e. The zero-order chi connectivity index (χ0) is 35.1. The van der Waals surface area contributed by atoms with Crippen molar-refractivity contribution in [1.82, 2.24) is 35.8 Å². The molecule has 2 aromatic heterocycles. The maximum atomic E-state index is 14.1. The van der Waals surface area contributed by atoms with E-state index in [9.17, 15) is 19.5 Å². The van der Waals surface area contributed by atoms with Gasteiger partial charge in [0.2, 0.25) is 11.8 Å². The molecule has 2 aliphatic rings. The number of imidazole rings is 1. The number of aromatic amines is 1.